The Hall–Kier alpha value is -3.04. The first kappa shape index (κ1) is 30.3. The number of allylic oxidation sites excluding steroid dienone is 8. The highest BCUT2D eigenvalue weighted by atomic mass is 16.7. The van der Waals surface area contributed by atoms with Crippen LogP contribution in [0.3, 0.4) is 0 Å². The molecule has 4 aliphatic heterocycles. The lowest BCUT2D eigenvalue weighted by Crippen LogP contribution is -2.55. The van der Waals surface area contributed by atoms with E-state index in [2.05, 4.69) is 76.3 Å². The summed E-state index contributed by atoms with van der Waals surface area (Å²) < 4.78 is 52.6. The molecule has 8 unspecified atom stereocenters. The Morgan fingerprint density at radius 2 is 0.696 bits per heavy atom. The fourth-order valence-corrected chi connectivity index (χ4v) is 8.31. The van der Waals surface area contributed by atoms with E-state index < -0.39 is 22.4 Å². The van der Waals surface area contributed by atoms with E-state index in [9.17, 15) is 0 Å². The van der Waals surface area contributed by atoms with Crippen molar-refractivity contribution in [1.29, 1.82) is 0 Å². The van der Waals surface area contributed by atoms with Gasteiger partial charge in [0.2, 0.25) is 0 Å². The minimum atomic E-state index is -0.704. The number of hydrogen-bond donors (Lipinski definition) is 0. The predicted molar refractivity (Wildman–Crippen MR) is 171 cm³/mol. The van der Waals surface area contributed by atoms with Gasteiger partial charge in [-0.05, 0) is 74.3 Å². The Kier molecular flexibility index (Phi) is 7.44. The molecule has 0 N–H and O–H groups in total. The van der Waals surface area contributed by atoms with Gasteiger partial charge in [0.1, 0.15) is 69.9 Å². The van der Waals surface area contributed by atoms with Crippen molar-refractivity contribution in [3.63, 3.8) is 0 Å². The molecule has 0 bridgehead atoms. The fraction of sp³-hybridized carbons (Fsp3) is 0.579. The van der Waals surface area contributed by atoms with Gasteiger partial charge in [0.05, 0.1) is 26.4 Å². The lowest BCUT2D eigenvalue weighted by atomic mass is 9.58. The van der Waals surface area contributed by atoms with Crippen LogP contribution in [0.25, 0.3) is 0 Å². The Morgan fingerprint density at radius 3 is 0.913 bits per heavy atom. The number of ether oxygens (including phenoxy) is 8. The Bertz CT molecular complexity index is 1260. The Morgan fingerprint density at radius 1 is 0.457 bits per heavy atom. The van der Waals surface area contributed by atoms with Gasteiger partial charge in [0.25, 0.3) is 0 Å². The fourth-order valence-electron chi connectivity index (χ4n) is 8.31. The molecule has 8 heteroatoms. The van der Waals surface area contributed by atoms with E-state index in [4.69, 9.17) is 37.9 Å². The van der Waals surface area contributed by atoms with Crippen molar-refractivity contribution in [2.24, 2.45) is 11.8 Å². The SMILES string of the molecule is CCCOC1=CC=CC2(C(C(C34C=CC=C(OCCC)C3O4)C34C=CC=C(OCCC)C3O4)C34C=CC=C(OCCC)C3O4)OC12. The van der Waals surface area contributed by atoms with Crippen molar-refractivity contribution in [1.82, 2.24) is 0 Å². The maximum absolute atomic E-state index is 6.87. The van der Waals surface area contributed by atoms with E-state index in [-0.39, 0.29) is 36.3 Å². The number of rotatable bonds is 17. The Labute approximate surface area is 272 Å². The van der Waals surface area contributed by atoms with Crippen LogP contribution < -0.4 is 0 Å². The third-order valence-corrected chi connectivity index (χ3v) is 10.4. The molecule has 8 atom stereocenters. The summed E-state index contributed by atoms with van der Waals surface area (Å²) in [6, 6.07) is 0. The topological polar surface area (TPSA) is 87.0 Å². The third kappa shape index (κ3) is 4.47. The molecule has 0 amide bonds. The van der Waals surface area contributed by atoms with Crippen LogP contribution in [0.1, 0.15) is 53.4 Å². The smallest absolute Gasteiger partial charge is 0.149 e. The number of hydrogen-bond acceptors (Lipinski definition) is 8. The van der Waals surface area contributed by atoms with Crippen molar-refractivity contribution in [2.75, 3.05) is 26.4 Å². The van der Waals surface area contributed by atoms with Crippen LogP contribution >= 0.6 is 0 Å². The molecule has 0 saturated carbocycles. The van der Waals surface area contributed by atoms with Crippen LogP contribution in [0.15, 0.2) is 95.9 Å². The first-order chi connectivity index (χ1) is 22.5. The van der Waals surface area contributed by atoms with E-state index in [0.29, 0.717) is 26.4 Å². The van der Waals surface area contributed by atoms with Gasteiger partial charge in [-0.1, -0.05) is 52.0 Å². The van der Waals surface area contributed by atoms with Gasteiger partial charge in [-0.15, -0.1) is 0 Å². The molecule has 4 aliphatic carbocycles. The zero-order valence-electron chi connectivity index (χ0n) is 27.3. The van der Waals surface area contributed by atoms with Crippen molar-refractivity contribution < 1.29 is 37.9 Å². The van der Waals surface area contributed by atoms with Crippen molar-refractivity contribution in [3.05, 3.63) is 95.9 Å². The lowest BCUT2D eigenvalue weighted by Gasteiger charge is -2.41. The molecular weight excluding hydrogens is 584 g/mol. The molecule has 8 rings (SSSR count). The van der Waals surface area contributed by atoms with Gasteiger partial charge in [-0.25, -0.2) is 0 Å². The normalized spacial score (nSPS) is 40.9. The highest BCUT2D eigenvalue weighted by Gasteiger charge is 2.86. The molecule has 0 aromatic heterocycles. The standard InChI is InChI=1S/C38H46O8/c1-5-21-39-25-13-9-17-35(31(25)43-35)29(36-18-10-14-26(32(36)44-36)40-22-6-2)30(37-19-11-15-27(33(37)45-37)41-23-7-3)38-20-12-16-28(34(38)46-38)42-24-8-4/h9-20,29-34H,5-8,21-24H2,1-4H3. The molecule has 0 radical (unpaired) electrons. The summed E-state index contributed by atoms with van der Waals surface area (Å²) in [5.74, 6) is 2.93. The quantitative estimate of drug-likeness (QED) is 0.173. The molecule has 4 fully saturated rings. The van der Waals surface area contributed by atoms with Gasteiger partial charge in [-0.2, -0.15) is 0 Å². The average molecular weight is 631 g/mol. The molecule has 4 saturated heterocycles. The summed E-state index contributed by atoms with van der Waals surface area (Å²) in [5.41, 5.74) is -2.82. The van der Waals surface area contributed by atoms with Gasteiger partial charge >= 0.3 is 0 Å². The third-order valence-electron chi connectivity index (χ3n) is 10.4. The van der Waals surface area contributed by atoms with E-state index >= 15 is 0 Å². The van der Waals surface area contributed by atoms with Crippen LogP contribution in [-0.4, -0.2) is 73.2 Å². The summed E-state index contributed by atoms with van der Waals surface area (Å²) in [5, 5.41) is 0. The number of fused-ring (bicyclic) bond motifs is 4. The number of epoxide rings is 4. The second-order valence-electron chi connectivity index (χ2n) is 13.5. The first-order valence-corrected chi connectivity index (χ1v) is 17.3. The summed E-state index contributed by atoms with van der Waals surface area (Å²) in [6.45, 7) is 11.0. The minimum absolute atomic E-state index is 0.241. The molecule has 0 aromatic carbocycles. The van der Waals surface area contributed by atoms with Gasteiger partial charge in [0, 0.05) is 11.8 Å². The summed E-state index contributed by atoms with van der Waals surface area (Å²) in [4.78, 5) is 0. The maximum Gasteiger partial charge on any atom is 0.149 e. The molecule has 46 heavy (non-hydrogen) atoms. The van der Waals surface area contributed by atoms with E-state index in [1.165, 1.54) is 0 Å². The molecule has 4 heterocycles. The zero-order chi connectivity index (χ0) is 31.6. The molecule has 8 nitrogen and oxygen atoms in total. The van der Waals surface area contributed by atoms with Gasteiger partial charge < -0.3 is 37.9 Å². The van der Waals surface area contributed by atoms with Crippen molar-refractivity contribution in [3.8, 4) is 0 Å². The largest absolute Gasteiger partial charge is 0.495 e. The monoisotopic (exact) mass is 630 g/mol. The van der Waals surface area contributed by atoms with Crippen LogP contribution in [0, 0.1) is 11.8 Å². The highest BCUT2D eigenvalue weighted by molar-refractivity contribution is 5.52. The molecule has 0 spiro atoms. The van der Waals surface area contributed by atoms with Crippen LogP contribution in [0.2, 0.25) is 0 Å². The zero-order valence-corrected chi connectivity index (χ0v) is 27.3. The van der Waals surface area contributed by atoms with Crippen LogP contribution in [0.5, 0.6) is 0 Å². The van der Waals surface area contributed by atoms with Crippen molar-refractivity contribution in [2.45, 2.75) is 100 Å². The lowest BCUT2D eigenvalue weighted by molar-refractivity contribution is 0.0392. The predicted octanol–water partition coefficient (Wildman–Crippen LogP) is 6.29. The second-order valence-corrected chi connectivity index (χ2v) is 13.5. The van der Waals surface area contributed by atoms with Crippen molar-refractivity contribution >= 4 is 0 Å². The summed E-state index contributed by atoms with van der Waals surface area (Å²) >= 11 is 0. The average Bonchev–Trinajstić information content (AvgIpc) is 3.91. The maximum atomic E-state index is 6.87. The minimum Gasteiger partial charge on any atom is -0.495 e. The van der Waals surface area contributed by atoms with E-state index in [1.54, 1.807) is 0 Å². The second kappa shape index (κ2) is 11.3. The summed E-state index contributed by atoms with van der Waals surface area (Å²) in [6.07, 6.45) is 28.0. The van der Waals surface area contributed by atoms with E-state index in [0.717, 1.165) is 48.7 Å². The highest BCUT2D eigenvalue weighted by Crippen LogP contribution is 2.73. The molecule has 246 valence electrons. The van der Waals surface area contributed by atoms with Gasteiger partial charge in [0.15, 0.2) is 0 Å². The van der Waals surface area contributed by atoms with E-state index in [1.807, 2.05) is 24.3 Å². The van der Waals surface area contributed by atoms with Gasteiger partial charge in [-0.3, -0.25) is 0 Å². The molecular formula is C38H46O8. The van der Waals surface area contributed by atoms with Crippen LogP contribution in [-0.2, 0) is 37.9 Å². The van der Waals surface area contributed by atoms with Crippen LogP contribution in [0.4, 0.5) is 0 Å². The Balaban J connectivity index is 1.24. The molecule has 8 aliphatic rings. The first-order valence-electron chi connectivity index (χ1n) is 17.3. The molecule has 0 aromatic rings. The summed E-state index contributed by atoms with van der Waals surface area (Å²) in [7, 11) is 0.